The molecule has 1 amide bonds. The molecule has 0 bridgehead atoms. The van der Waals surface area contributed by atoms with Gasteiger partial charge in [-0.3, -0.25) is 14.9 Å². The molecule has 0 saturated carbocycles. The van der Waals surface area contributed by atoms with Gasteiger partial charge < -0.3 is 15.0 Å². The van der Waals surface area contributed by atoms with Crippen LogP contribution in [0, 0.1) is 10.1 Å². The van der Waals surface area contributed by atoms with Crippen LogP contribution in [0.4, 0.5) is 5.69 Å². The average Bonchev–Trinajstić information content (AvgIpc) is 3.25. The van der Waals surface area contributed by atoms with E-state index >= 15 is 0 Å². The number of aromatic nitrogens is 1. The number of aromatic amines is 1. The number of ether oxygens (including phenoxy) is 1. The highest BCUT2D eigenvalue weighted by Crippen LogP contribution is 2.22. The number of rotatable bonds is 8. The Kier molecular flexibility index (Phi) is 6.89. The SMILES string of the molecule is O=C(N[C@@H](Cc1c[nH]c2ccccc12)C(=O)OCc1ccccc1[N+](=O)[O-])c1ccccc1Cl. The molecule has 1 heterocycles. The summed E-state index contributed by atoms with van der Waals surface area (Å²) < 4.78 is 5.41. The fourth-order valence-electron chi connectivity index (χ4n) is 3.66. The number of nitrogens with one attached hydrogen (secondary N) is 2. The van der Waals surface area contributed by atoms with Crippen LogP contribution in [0.15, 0.2) is 79.0 Å². The zero-order valence-corrected chi connectivity index (χ0v) is 18.6. The summed E-state index contributed by atoms with van der Waals surface area (Å²) in [6.45, 7) is -0.303. The molecule has 1 aromatic heterocycles. The lowest BCUT2D eigenvalue weighted by Gasteiger charge is -2.18. The fraction of sp³-hybridized carbons (Fsp3) is 0.120. The van der Waals surface area contributed by atoms with Gasteiger partial charge in [-0.1, -0.05) is 54.1 Å². The Morgan fingerprint density at radius 3 is 2.50 bits per heavy atom. The maximum atomic E-state index is 13.1. The predicted octanol–water partition coefficient (Wildman–Crippen LogP) is 4.81. The Morgan fingerprint density at radius 2 is 1.71 bits per heavy atom. The molecule has 0 aliphatic rings. The van der Waals surface area contributed by atoms with Gasteiger partial charge in [-0.05, 0) is 29.8 Å². The van der Waals surface area contributed by atoms with Crippen LogP contribution >= 0.6 is 11.6 Å². The summed E-state index contributed by atoms with van der Waals surface area (Å²) >= 11 is 6.15. The van der Waals surface area contributed by atoms with E-state index in [1.807, 2.05) is 24.3 Å². The van der Waals surface area contributed by atoms with Crippen LogP contribution in [-0.4, -0.2) is 27.8 Å². The number of nitro groups is 1. The number of hydrogen-bond acceptors (Lipinski definition) is 5. The number of fused-ring (bicyclic) bond motifs is 1. The lowest BCUT2D eigenvalue weighted by molar-refractivity contribution is -0.385. The van der Waals surface area contributed by atoms with Crippen molar-refractivity contribution in [3.63, 3.8) is 0 Å². The molecule has 9 heteroatoms. The van der Waals surface area contributed by atoms with E-state index in [1.165, 1.54) is 18.2 Å². The van der Waals surface area contributed by atoms with Gasteiger partial charge in [0.1, 0.15) is 12.6 Å². The number of carbonyl (C=O) groups is 2. The van der Waals surface area contributed by atoms with E-state index in [9.17, 15) is 19.7 Å². The second-order valence-corrected chi connectivity index (χ2v) is 7.97. The number of amides is 1. The van der Waals surface area contributed by atoms with Crippen molar-refractivity contribution in [3.8, 4) is 0 Å². The summed E-state index contributed by atoms with van der Waals surface area (Å²) in [5, 5.41) is 15.1. The molecule has 0 saturated heterocycles. The number of para-hydroxylation sites is 2. The van der Waals surface area contributed by atoms with Gasteiger partial charge in [0.15, 0.2) is 0 Å². The topological polar surface area (TPSA) is 114 Å². The molecule has 0 aliphatic carbocycles. The van der Waals surface area contributed by atoms with Crippen LogP contribution in [0.1, 0.15) is 21.5 Å². The first kappa shape index (κ1) is 23.0. The monoisotopic (exact) mass is 477 g/mol. The predicted molar refractivity (Wildman–Crippen MR) is 128 cm³/mol. The average molecular weight is 478 g/mol. The number of esters is 1. The number of nitro benzene ring substituents is 1. The molecule has 0 fully saturated rings. The second kappa shape index (κ2) is 10.2. The number of carbonyl (C=O) groups excluding carboxylic acids is 2. The van der Waals surface area contributed by atoms with E-state index in [1.54, 1.807) is 36.5 Å². The molecule has 3 aromatic carbocycles. The van der Waals surface area contributed by atoms with Crippen LogP contribution in [0.25, 0.3) is 10.9 Å². The van der Waals surface area contributed by atoms with Crippen LogP contribution in [0.2, 0.25) is 5.02 Å². The maximum Gasteiger partial charge on any atom is 0.329 e. The molecule has 8 nitrogen and oxygen atoms in total. The molecule has 0 spiro atoms. The molecule has 0 aliphatic heterocycles. The molecule has 172 valence electrons. The Balaban J connectivity index is 1.57. The van der Waals surface area contributed by atoms with Gasteiger partial charge in [0.05, 0.1) is 21.1 Å². The number of H-pyrrole nitrogens is 1. The van der Waals surface area contributed by atoms with E-state index in [0.717, 1.165) is 16.5 Å². The lowest BCUT2D eigenvalue weighted by Crippen LogP contribution is -2.43. The van der Waals surface area contributed by atoms with E-state index in [2.05, 4.69) is 10.3 Å². The van der Waals surface area contributed by atoms with E-state index < -0.39 is 22.8 Å². The summed E-state index contributed by atoms with van der Waals surface area (Å²) in [7, 11) is 0. The molecular formula is C25H20ClN3O5. The second-order valence-electron chi connectivity index (χ2n) is 7.56. The standard InChI is InChI=1S/C25H20ClN3O5/c26-20-10-4-2-9-19(20)24(30)28-22(13-17-14-27-21-11-5-3-8-18(17)21)25(31)34-15-16-7-1-6-12-23(16)29(32)33/h1-12,14,22,27H,13,15H2,(H,28,30)/t22-/m0/s1. The van der Waals surface area contributed by atoms with Gasteiger partial charge in [-0.2, -0.15) is 0 Å². The van der Waals surface area contributed by atoms with Crippen molar-refractivity contribution in [1.82, 2.24) is 10.3 Å². The van der Waals surface area contributed by atoms with Crippen LogP contribution in [0.3, 0.4) is 0 Å². The first-order valence-electron chi connectivity index (χ1n) is 10.4. The number of hydrogen-bond donors (Lipinski definition) is 2. The van der Waals surface area contributed by atoms with Crippen molar-refractivity contribution < 1.29 is 19.2 Å². The summed E-state index contributed by atoms with van der Waals surface area (Å²) in [4.78, 5) is 39.8. The number of halogens is 1. The van der Waals surface area contributed by atoms with Crippen molar-refractivity contribution in [3.05, 3.63) is 111 Å². The molecule has 2 N–H and O–H groups in total. The Labute approximate surface area is 199 Å². The maximum absolute atomic E-state index is 13.1. The molecule has 34 heavy (non-hydrogen) atoms. The first-order chi connectivity index (χ1) is 16.4. The van der Waals surface area contributed by atoms with Gasteiger partial charge >= 0.3 is 5.97 Å². The van der Waals surface area contributed by atoms with Crippen molar-refractivity contribution in [2.75, 3.05) is 0 Å². The summed E-state index contributed by atoms with van der Waals surface area (Å²) in [5.74, 6) is -1.25. The molecular weight excluding hydrogens is 458 g/mol. The van der Waals surface area contributed by atoms with Gasteiger partial charge in [0.25, 0.3) is 11.6 Å². The Hall–Kier alpha value is -4.17. The summed E-state index contributed by atoms with van der Waals surface area (Å²) in [5.41, 5.74) is 2.02. The largest absolute Gasteiger partial charge is 0.459 e. The molecule has 0 unspecified atom stereocenters. The molecule has 4 aromatic rings. The third-order valence-electron chi connectivity index (χ3n) is 5.37. The Bertz CT molecular complexity index is 1370. The first-order valence-corrected chi connectivity index (χ1v) is 10.8. The highest BCUT2D eigenvalue weighted by atomic mass is 35.5. The number of nitrogens with zero attached hydrogens (tertiary/aromatic N) is 1. The van der Waals surface area contributed by atoms with E-state index in [0.29, 0.717) is 0 Å². The summed E-state index contributed by atoms with van der Waals surface area (Å²) in [6, 6.07) is 19.0. The van der Waals surface area contributed by atoms with Crippen LogP contribution in [0.5, 0.6) is 0 Å². The quantitative estimate of drug-likeness (QED) is 0.214. The zero-order valence-electron chi connectivity index (χ0n) is 17.9. The van der Waals surface area contributed by atoms with Gasteiger partial charge in [-0.15, -0.1) is 0 Å². The fourth-order valence-corrected chi connectivity index (χ4v) is 3.88. The minimum absolute atomic E-state index is 0.149. The van der Waals surface area contributed by atoms with Crippen molar-refractivity contribution >= 4 is 40.1 Å². The van der Waals surface area contributed by atoms with E-state index in [-0.39, 0.29) is 34.9 Å². The summed E-state index contributed by atoms with van der Waals surface area (Å²) in [6.07, 6.45) is 1.92. The van der Waals surface area contributed by atoms with Crippen molar-refractivity contribution in [1.29, 1.82) is 0 Å². The molecule has 0 radical (unpaired) electrons. The minimum Gasteiger partial charge on any atom is -0.459 e. The Morgan fingerprint density at radius 1 is 1.00 bits per heavy atom. The van der Waals surface area contributed by atoms with E-state index in [4.69, 9.17) is 16.3 Å². The van der Waals surface area contributed by atoms with Crippen LogP contribution in [-0.2, 0) is 22.6 Å². The molecule has 1 atom stereocenters. The molecule has 4 rings (SSSR count). The van der Waals surface area contributed by atoms with Crippen molar-refractivity contribution in [2.45, 2.75) is 19.1 Å². The normalized spacial score (nSPS) is 11.7. The highest BCUT2D eigenvalue weighted by molar-refractivity contribution is 6.33. The lowest BCUT2D eigenvalue weighted by atomic mass is 10.0. The van der Waals surface area contributed by atoms with Crippen LogP contribution < -0.4 is 5.32 Å². The third kappa shape index (κ3) is 5.07. The number of benzene rings is 3. The third-order valence-corrected chi connectivity index (χ3v) is 5.70. The smallest absolute Gasteiger partial charge is 0.329 e. The highest BCUT2D eigenvalue weighted by Gasteiger charge is 2.26. The minimum atomic E-state index is -1.05. The zero-order chi connectivity index (χ0) is 24.1. The van der Waals surface area contributed by atoms with Gasteiger partial charge in [0.2, 0.25) is 0 Å². The van der Waals surface area contributed by atoms with Gasteiger partial charge in [-0.25, -0.2) is 4.79 Å². The van der Waals surface area contributed by atoms with Crippen molar-refractivity contribution in [2.24, 2.45) is 0 Å². The van der Waals surface area contributed by atoms with Gasteiger partial charge in [0, 0.05) is 29.6 Å².